The summed E-state index contributed by atoms with van der Waals surface area (Å²) in [4.78, 5) is 19.6. The lowest BCUT2D eigenvalue weighted by Crippen LogP contribution is -2.10. The molecule has 2 aromatic heterocycles. The van der Waals surface area contributed by atoms with Gasteiger partial charge in [0.25, 0.3) is 0 Å². The van der Waals surface area contributed by atoms with Crippen molar-refractivity contribution in [3.8, 4) is 0 Å². The molecule has 0 bridgehead atoms. The average molecular weight is 380 g/mol. The monoisotopic (exact) mass is 380 g/mol. The molecule has 0 atom stereocenters. The highest BCUT2D eigenvalue weighted by Gasteiger charge is 2.20. The Balaban J connectivity index is 2.09. The van der Waals surface area contributed by atoms with Crippen molar-refractivity contribution in [1.29, 1.82) is 0 Å². The number of aromatic nitrogens is 2. The normalized spacial score (nSPS) is 11.3. The first-order valence-corrected chi connectivity index (χ1v) is 8.61. The number of thiazole rings is 1. The zero-order valence-corrected chi connectivity index (χ0v) is 15.1. The van der Waals surface area contributed by atoms with Gasteiger partial charge in [-0.15, -0.1) is 11.3 Å². The summed E-state index contributed by atoms with van der Waals surface area (Å²) in [7, 11) is 0. The third-order valence-electron chi connectivity index (χ3n) is 4.33. The molecule has 0 aliphatic rings. The molecule has 0 radical (unpaired) electrons. The topological polar surface area (TPSA) is 63.1 Å². The van der Waals surface area contributed by atoms with Crippen molar-refractivity contribution in [2.45, 2.75) is 33.6 Å². The molecule has 26 heavy (non-hydrogen) atoms. The maximum Gasteiger partial charge on any atom is 0.307 e. The summed E-state index contributed by atoms with van der Waals surface area (Å²) >= 11 is 0.878. The van der Waals surface area contributed by atoms with Crippen LogP contribution < -0.4 is 0 Å². The quantitative estimate of drug-likeness (QED) is 0.688. The summed E-state index contributed by atoms with van der Waals surface area (Å²) in [6, 6.07) is 0.482. The molecule has 0 amide bonds. The fourth-order valence-corrected chi connectivity index (χ4v) is 4.05. The second-order valence-electron chi connectivity index (χ2n) is 6.05. The second-order valence-corrected chi connectivity index (χ2v) is 7.14. The molecule has 0 spiro atoms. The van der Waals surface area contributed by atoms with Crippen molar-refractivity contribution in [2.24, 2.45) is 0 Å². The summed E-state index contributed by atoms with van der Waals surface area (Å²) in [5, 5.41) is 9.50. The summed E-state index contributed by atoms with van der Waals surface area (Å²) in [6.45, 7) is 5.32. The number of fused-ring (bicyclic) bond motifs is 1. The van der Waals surface area contributed by atoms with Gasteiger partial charge in [0, 0.05) is 23.9 Å². The Morgan fingerprint density at radius 2 is 1.73 bits per heavy atom. The number of halogens is 3. The molecule has 0 saturated heterocycles. The molecule has 0 aliphatic carbocycles. The van der Waals surface area contributed by atoms with E-state index in [1.807, 2.05) is 0 Å². The third-order valence-corrected chi connectivity index (χ3v) is 5.38. The number of carboxylic acids is 1. The number of benzene rings is 1. The number of pyridine rings is 1. The summed E-state index contributed by atoms with van der Waals surface area (Å²) < 4.78 is 41.0. The number of carbonyl (C=O) groups is 1. The van der Waals surface area contributed by atoms with Crippen LogP contribution in [0.2, 0.25) is 0 Å². The molecule has 0 aliphatic heterocycles. The number of aryl methyl sites for hydroxylation is 2. The Bertz CT molecular complexity index is 1050. The van der Waals surface area contributed by atoms with E-state index in [-0.39, 0.29) is 23.1 Å². The second kappa shape index (κ2) is 6.68. The Hall–Kier alpha value is -2.48. The van der Waals surface area contributed by atoms with E-state index in [0.29, 0.717) is 28.0 Å². The summed E-state index contributed by atoms with van der Waals surface area (Å²) in [5.41, 5.74) is 3.26. The highest BCUT2D eigenvalue weighted by Crippen LogP contribution is 2.31. The Morgan fingerprint density at radius 3 is 2.38 bits per heavy atom. The molecule has 1 aromatic carbocycles. The van der Waals surface area contributed by atoms with Crippen LogP contribution in [0.25, 0.3) is 10.2 Å². The van der Waals surface area contributed by atoms with Gasteiger partial charge >= 0.3 is 5.97 Å². The van der Waals surface area contributed by atoms with Crippen molar-refractivity contribution < 1.29 is 23.1 Å². The van der Waals surface area contributed by atoms with Crippen LogP contribution in [0.15, 0.2) is 6.07 Å². The number of hydrogen-bond acceptors (Lipinski definition) is 4. The van der Waals surface area contributed by atoms with Crippen LogP contribution in [-0.2, 0) is 17.6 Å². The largest absolute Gasteiger partial charge is 0.481 e. The Kier molecular flexibility index (Phi) is 4.70. The maximum absolute atomic E-state index is 13.9. The number of rotatable bonds is 4. The smallest absolute Gasteiger partial charge is 0.307 e. The van der Waals surface area contributed by atoms with Gasteiger partial charge in [-0.05, 0) is 37.5 Å². The van der Waals surface area contributed by atoms with E-state index >= 15 is 0 Å². The molecule has 8 heteroatoms. The molecule has 0 saturated carbocycles. The van der Waals surface area contributed by atoms with Crippen molar-refractivity contribution in [2.75, 3.05) is 0 Å². The zero-order chi connectivity index (χ0) is 19.2. The van der Waals surface area contributed by atoms with Crippen molar-refractivity contribution in [1.82, 2.24) is 9.97 Å². The van der Waals surface area contributed by atoms with Crippen molar-refractivity contribution in [3.63, 3.8) is 0 Å². The molecule has 3 aromatic rings. The van der Waals surface area contributed by atoms with Crippen molar-refractivity contribution in [3.05, 3.63) is 56.6 Å². The predicted octanol–water partition coefficient (Wildman–Crippen LogP) is 4.25. The van der Waals surface area contributed by atoms with E-state index in [1.165, 1.54) is 0 Å². The lowest BCUT2D eigenvalue weighted by Gasteiger charge is -2.14. The first-order chi connectivity index (χ1) is 12.2. The van der Waals surface area contributed by atoms with E-state index < -0.39 is 23.4 Å². The fraction of sp³-hybridized carbons (Fsp3) is 0.278. The highest BCUT2D eigenvalue weighted by atomic mass is 32.1. The van der Waals surface area contributed by atoms with Crippen LogP contribution in [0.4, 0.5) is 13.2 Å². The maximum atomic E-state index is 13.9. The molecule has 3 rings (SSSR count). The lowest BCUT2D eigenvalue weighted by atomic mass is 9.96. The first kappa shape index (κ1) is 18.3. The predicted molar refractivity (Wildman–Crippen MR) is 92.1 cm³/mol. The minimum Gasteiger partial charge on any atom is -0.481 e. The van der Waals surface area contributed by atoms with E-state index in [0.717, 1.165) is 22.5 Å². The molecule has 0 fully saturated rings. The van der Waals surface area contributed by atoms with Gasteiger partial charge in [0.2, 0.25) is 0 Å². The number of aliphatic carboxylic acids is 1. The highest BCUT2D eigenvalue weighted by molar-refractivity contribution is 7.18. The van der Waals surface area contributed by atoms with E-state index in [2.05, 4.69) is 9.97 Å². The summed E-state index contributed by atoms with van der Waals surface area (Å²) in [6.07, 6.45) is 0.0731. The van der Waals surface area contributed by atoms with Crippen LogP contribution >= 0.6 is 11.3 Å². The number of nitrogens with zero attached hydrogens (tertiary/aromatic N) is 2. The van der Waals surface area contributed by atoms with Gasteiger partial charge in [0.05, 0.1) is 16.1 Å². The number of carboxylic acid groups (broad SMARTS) is 1. The molecule has 136 valence electrons. The fourth-order valence-electron chi connectivity index (χ4n) is 3.04. The molecule has 2 heterocycles. The minimum atomic E-state index is -1.25. The van der Waals surface area contributed by atoms with E-state index in [9.17, 15) is 18.0 Å². The molecule has 1 N–H and O–H groups in total. The molecule has 0 unspecified atom stereocenters. The lowest BCUT2D eigenvalue weighted by molar-refractivity contribution is -0.136. The standard InChI is InChI=1S/C18H15F3N2O2S/c1-7-10(8(2)22-9(3)11(7)5-15(24)25)4-14-23-17-13(20)6-12(19)16(21)18(17)26-14/h6H,4-5H2,1-3H3,(H,24,25). The van der Waals surface area contributed by atoms with Crippen LogP contribution in [-0.4, -0.2) is 21.0 Å². The van der Waals surface area contributed by atoms with Gasteiger partial charge in [-0.1, -0.05) is 0 Å². The van der Waals surface area contributed by atoms with Crippen LogP contribution in [0.3, 0.4) is 0 Å². The Morgan fingerprint density at radius 1 is 1.08 bits per heavy atom. The van der Waals surface area contributed by atoms with Gasteiger partial charge in [-0.2, -0.15) is 0 Å². The van der Waals surface area contributed by atoms with Crippen LogP contribution in [0.1, 0.15) is 33.1 Å². The van der Waals surface area contributed by atoms with Gasteiger partial charge in [0.15, 0.2) is 17.5 Å². The SMILES string of the molecule is Cc1nc(C)c(Cc2nc3c(F)cc(F)c(F)c3s2)c(C)c1CC(=O)O. The van der Waals surface area contributed by atoms with Crippen LogP contribution in [0, 0.1) is 38.2 Å². The molecular weight excluding hydrogens is 365 g/mol. The van der Waals surface area contributed by atoms with Gasteiger partial charge < -0.3 is 5.11 Å². The first-order valence-electron chi connectivity index (χ1n) is 7.79. The van der Waals surface area contributed by atoms with E-state index in [1.54, 1.807) is 20.8 Å². The average Bonchev–Trinajstić information content (AvgIpc) is 2.98. The third kappa shape index (κ3) is 3.16. The van der Waals surface area contributed by atoms with Crippen LogP contribution in [0.5, 0.6) is 0 Å². The van der Waals surface area contributed by atoms with Gasteiger partial charge in [-0.25, -0.2) is 18.2 Å². The zero-order valence-electron chi connectivity index (χ0n) is 14.3. The number of hydrogen-bond donors (Lipinski definition) is 1. The molecule has 4 nitrogen and oxygen atoms in total. The van der Waals surface area contributed by atoms with Gasteiger partial charge in [0.1, 0.15) is 5.52 Å². The van der Waals surface area contributed by atoms with Crippen molar-refractivity contribution >= 4 is 27.5 Å². The van der Waals surface area contributed by atoms with E-state index in [4.69, 9.17) is 5.11 Å². The molecular formula is C18H15F3N2O2S. The Labute approximate surface area is 151 Å². The minimum absolute atomic E-state index is 0.160. The summed E-state index contributed by atoms with van der Waals surface area (Å²) in [5.74, 6) is -4.25. The van der Waals surface area contributed by atoms with Gasteiger partial charge in [-0.3, -0.25) is 9.78 Å².